The monoisotopic (exact) mass is 294 g/mol. The van der Waals surface area contributed by atoms with Crippen LogP contribution in [0.2, 0.25) is 5.02 Å². The molecule has 0 bridgehead atoms. The standard InChI is InChI=1S/C17H27ClN2/c1-12(2)14-7-9-20(10-8-14)15-5-6-16(13(3)19-4)17(18)11-15/h5-6,11-14,19H,7-10H2,1-4H3. The minimum Gasteiger partial charge on any atom is -0.371 e. The molecule has 1 unspecified atom stereocenters. The summed E-state index contributed by atoms with van der Waals surface area (Å²) in [4.78, 5) is 2.47. The number of nitrogens with zero attached hydrogens (tertiary/aromatic N) is 1. The summed E-state index contributed by atoms with van der Waals surface area (Å²) in [6.07, 6.45) is 2.59. The zero-order valence-corrected chi connectivity index (χ0v) is 13.9. The van der Waals surface area contributed by atoms with Crippen LogP contribution in [0.15, 0.2) is 18.2 Å². The van der Waals surface area contributed by atoms with Gasteiger partial charge in [-0.15, -0.1) is 0 Å². The van der Waals surface area contributed by atoms with Crippen LogP contribution >= 0.6 is 11.6 Å². The fourth-order valence-corrected chi connectivity index (χ4v) is 3.38. The first kappa shape index (κ1) is 15.7. The van der Waals surface area contributed by atoms with Crippen molar-refractivity contribution >= 4 is 17.3 Å². The second-order valence-electron chi connectivity index (χ2n) is 6.28. The molecule has 1 N–H and O–H groups in total. The minimum absolute atomic E-state index is 0.295. The van der Waals surface area contributed by atoms with Crippen LogP contribution in [0.5, 0.6) is 0 Å². The Labute approximate surface area is 128 Å². The average molecular weight is 295 g/mol. The Bertz CT molecular complexity index is 437. The molecule has 0 radical (unpaired) electrons. The second-order valence-corrected chi connectivity index (χ2v) is 6.69. The zero-order chi connectivity index (χ0) is 14.7. The van der Waals surface area contributed by atoms with Gasteiger partial charge in [0, 0.05) is 29.8 Å². The fraction of sp³-hybridized carbons (Fsp3) is 0.647. The van der Waals surface area contributed by atoms with E-state index in [1.165, 1.54) is 24.1 Å². The third kappa shape index (κ3) is 3.48. The van der Waals surface area contributed by atoms with Crippen LogP contribution < -0.4 is 10.2 Å². The summed E-state index contributed by atoms with van der Waals surface area (Å²) in [5.74, 6) is 1.69. The maximum Gasteiger partial charge on any atom is 0.0474 e. The first-order valence-corrected chi connectivity index (χ1v) is 8.12. The van der Waals surface area contributed by atoms with Crippen LogP contribution in [0.25, 0.3) is 0 Å². The van der Waals surface area contributed by atoms with Crippen LogP contribution in [0.3, 0.4) is 0 Å². The molecule has 1 fully saturated rings. The number of anilines is 1. The second kappa shape index (κ2) is 6.82. The molecular formula is C17H27ClN2. The Morgan fingerprint density at radius 2 is 1.85 bits per heavy atom. The van der Waals surface area contributed by atoms with Crippen LogP contribution in [0.1, 0.15) is 45.2 Å². The predicted molar refractivity (Wildman–Crippen MR) is 88.7 cm³/mol. The van der Waals surface area contributed by atoms with E-state index in [0.717, 1.165) is 29.9 Å². The summed E-state index contributed by atoms with van der Waals surface area (Å²) < 4.78 is 0. The lowest BCUT2D eigenvalue weighted by molar-refractivity contribution is 0.311. The Morgan fingerprint density at radius 1 is 1.20 bits per heavy atom. The van der Waals surface area contributed by atoms with Crippen molar-refractivity contribution < 1.29 is 0 Å². The average Bonchev–Trinajstić information content (AvgIpc) is 2.46. The summed E-state index contributed by atoms with van der Waals surface area (Å²) in [6.45, 7) is 9.12. The van der Waals surface area contributed by atoms with Crippen molar-refractivity contribution in [1.82, 2.24) is 5.32 Å². The Balaban J connectivity index is 2.06. The van der Waals surface area contributed by atoms with Gasteiger partial charge in [-0.25, -0.2) is 0 Å². The summed E-state index contributed by atoms with van der Waals surface area (Å²) in [5.41, 5.74) is 2.44. The molecule has 1 aliphatic heterocycles. The largest absolute Gasteiger partial charge is 0.371 e. The van der Waals surface area contributed by atoms with E-state index in [9.17, 15) is 0 Å². The lowest BCUT2D eigenvalue weighted by Crippen LogP contribution is -2.35. The van der Waals surface area contributed by atoms with E-state index in [1.54, 1.807) is 0 Å². The Kier molecular flexibility index (Phi) is 5.34. The molecule has 2 rings (SSSR count). The molecule has 0 aromatic heterocycles. The lowest BCUT2D eigenvalue weighted by atomic mass is 9.86. The van der Waals surface area contributed by atoms with Gasteiger partial charge >= 0.3 is 0 Å². The van der Waals surface area contributed by atoms with E-state index < -0.39 is 0 Å². The molecule has 112 valence electrons. The predicted octanol–water partition coefficient (Wildman–Crippen LogP) is 4.49. The van der Waals surface area contributed by atoms with Gasteiger partial charge in [0.25, 0.3) is 0 Å². The minimum atomic E-state index is 0.295. The van der Waals surface area contributed by atoms with E-state index in [0.29, 0.717) is 6.04 Å². The highest BCUT2D eigenvalue weighted by atomic mass is 35.5. The Hall–Kier alpha value is -0.730. The fourth-order valence-electron chi connectivity index (χ4n) is 3.04. The molecule has 0 spiro atoms. The SMILES string of the molecule is CNC(C)c1ccc(N2CCC(C(C)C)CC2)cc1Cl. The van der Waals surface area contributed by atoms with Crippen molar-refractivity contribution in [3.63, 3.8) is 0 Å². The lowest BCUT2D eigenvalue weighted by Gasteiger charge is -2.35. The van der Waals surface area contributed by atoms with Gasteiger partial charge in [0.15, 0.2) is 0 Å². The van der Waals surface area contributed by atoms with Gasteiger partial charge in [0.05, 0.1) is 0 Å². The molecule has 0 saturated carbocycles. The number of piperidine rings is 1. The first-order valence-electron chi connectivity index (χ1n) is 7.74. The molecule has 3 heteroatoms. The van der Waals surface area contributed by atoms with E-state index >= 15 is 0 Å². The first-order chi connectivity index (χ1) is 9.52. The highest BCUT2D eigenvalue weighted by Gasteiger charge is 2.22. The number of nitrogens with one attached hydrogen (secondary N) is 1. The van der Waals surface area contributed by atoms with E-state index in [1.807, 2.05) is 7.05 Å². The molecule has 1 atom stereocenters. The number of hydrogen-bond acceptors (Lipinski definition) is 2. The zero-order valence-electron chi connectivity index (χ0n) is 13.1. The molecule has 1 heterocycles. The third-order valence-electron chi connectivity index (χ3n) is 4.73. The van der Waals surface area contributed by atoms with E-state index in [4.69, 9.17) is 11.6 Å². The maximum absolute atomic E-state index is 6.43. The highest BCUT2D eigenvalue weighted by molar-refractivity contribution is 6.31. The van der Waals surface area contributed by atoms with Crippen molar-refractivity contribution in [1.29, 1.82) is 0 Å². The van der Waals surface area contributed by atoms with Gasteiger partial charge in [-0.3, -0.25) is 0 Å². The molecule has 2 nitrogen and oxygen atoms in total. The molecular weight excluding hydrogens is 268 g/mol. The van der Waals surface area contributed by atoms with Crippen LogP contribution in [-0.4, -0.2) is 20.1 Å². The van der Waals surface area contributed by atoms with Crippen LogP contribution in [0, 0.1) is 11.8 Å². The van der Waals surface area contributed by atoms with Crippen molar-refractivity contribution in [2.75, 3.05) is 25.0 Å². The summed E-state index contributed by atoms with van der Waals surface area (Å²) in [6, 6.07) is 6.79. The molecule has 1 aromatic rings. The smallest absolute Gasteiger partial charge is 0.0474 e. The van der Waals surface area contributed by atoms with Crippen molar-refractivity contribution in [3.8, 4) is 0 Å². The molecule has 0 aliphatic carbocycles. The van der Waals surface area contributed by atoms with E-state index in [-0.39, 0.29) is 0 Å². The summed E-state index contributed by atoms with van der Waals surface area (Å²) in [7, 11) is 1.96. The number of halogens is 1. The number of rotatable bonds is 4. The van der Waals surface area contributed by atoms with Gasteiger partial charge in [-0.2, -0.15) is 0 Å². The molecule has 1 saturated heterocycles. The maximum atomic E-state index is 6.43. The van der Waals surface area contributed by atoms with Gasteiger partial charge in [-0.1, -0.05) is 31.5 Å². The molecule has 1 aromatic carbocycles. The number of benzene rings is 1. The summed E-state index contributed by atoms with van der Waals surface area (Å²) in [5, 5.41) is 4.11. The van der Waals surface area contributed by atoms with E-state index in [2.05, 4.69) is 49.2 Å². The molecule has 0 amide bonds. The topological polar surface area (TPSA) is 15.3 Å². The number of hydrogen-bond donors (Lipinski definition) is 1. The highest BCUT2D eigenvalue weighted by Crippen LogP contribution is 2.31. The third-order valence-corrected chi connectivity index (χ3v) is 5.06. The van der Waals surface area contributed by atoms with Crippen molar-refractivity contribution in [2.45, 2.75) is 39.7 Å². The molecule has 20 heavy (non-hydrogen) atoms. The quantitative estimate of drug-likeness (QED) is 0.880. The van der Waals surface area contributed by atoms with Gasteiger partial charge < -0.3 is 10.2 Å². The van der Waals surface area contributed by atoms with Crippen molar-refractivity contribution in [2.24, 2.45) is 11.8 Å². The Morgan fingerprint density at radius 3 is 2.35 bits per heavy atom. The van der Waals surface area contributed by atoms with Gasteiger partial charge in [0.2, 0.25) is 0 Å². The van der Waals surface area contributed by atoms with Gasteiger partial charge in [0.1, 0.15) is 0 Å². The van der Waals surface area contributed by atoms with Crippen molar-refractivity contribution in [3.05, 3.63) is 28.8 Å². The molecule has 1 aliphatic rings. The van der Waals surface area contributed by atoms with Crippen LogP contribution in [-0.2, 0) is 0 Å². The van der Waals surface area contributed by atoms with Crippen LogP contribution in [0.4, 0.5) is 5.69 Å². The normalized spacial score (nSPS) is 18.6. The van der Waals surface area contributed by atoms with Gasteiger partial charge in [-0.05, 0) is 56.3 Å². The summed E-state index contributed by atoms with van der Waals surface area (Å²) >= 11 is 6.43.